The molecule has 4 rings (SSSR count). The normalized spacial score (nSPS) is 15.9. The molecule has 0 spiro atoms. The molecular weight excluding hydrogens is 378 g/mol. The Morgan fingerprint density at radius 1 is 1.29 bits per heavy atom. The second kappa shape index (κ2) is 7.47. The second-order valence-corrected chi connectivity index (χ2v) is 7.51. The smallest absolute Gasteiger partial charge is 0.268 e. The van der Waals surface area contributed by atoms with E-state index in [0.29, 0.717) is 23.0 Å². The summed E-state index contributed by atoms with van der Waals surface area (Å²) < 4.78 is 11.3. The fourth-order valence-electron chi connectivity index (χ4n) is 2.99. The van der Waals surface area contributed by atoms with Crippen LogP contribution in [0.4, 0.5) is 5.69 Å². The topological polar surface area (TPSA) is 84.7 Å². The highest BCUT2D eigenvalue weighted by Gasteiger charge is 2.32. The van der Waals surface area contributed by atoms with Gasteiger partial charge in [-0.3, -0.25) is 14.5 Å². The molecule has 1 aliphatic heterocycles. The number of aromatic nitrogens is 1. The fraction of sp³-hybridized carbons (Fsp3) is 0.250. The number of para-hydroxylation sites is 2. The Morgan fingerprint density at radius 2 is 2.11 bits per heavy atom. The molecule has 0 radical (unpaired) electrons. The summed E-state index contributed by atoms with van der Waals surface area (Å²) >= 11 is 1.55. The predicted molar refractivity (Wildman–Crippen MR) is 105 cm³/mol. The fourth-order valence-corrected chi connectivity index (χ4v) is 3.60. The first-order valence-corrected chi connectivity index (χ1v) is 9.74. The summed E-state index contributed by atoms with van der Waals surface area (Å²) in [5.41, 5.74) is 1.38. The summed E-state index contributed by atoms with van der Waals surface area (Å²) in [6.07, 6.45) is -0.628. The van der Waals surface area contributed by atoms with Crippen molar-refractivity contribution in [3.63, 3.8) is 0 Å². The Bertz CT molecular complexity index is 1030. The number of hydrogen-bond acceptors (Lipinski definition) is 6. The maximum atomic E-state index is 12.5. The van der Waals surface area contributed by atoms with Crippen LogP contribution in [0.1, 0.15) is 17.7 Å². The van der Waals surface area contributed by atoms with Gasteiger partial charge < -0.3 is 14.5 Å². The molecule has 8 heteroatoms. The molecule has 3 aromatic rings. The van der Waals surface area contributed by atoms with Gasteiger partial charge in [0.15, 0.2) is 11.9 Å². The number of anilines is 1. The number of rotatable bonds is 5. The maximum Gasteiger partial charge on any atom is 0.268 e. The molecular formula is C20H19N3O4S. The van der Waals surface area contributed by atoms with Gasteiger partial charge >= 0.3 is 0 Å². The molecule has 3 heterocycles. The van der Waals surface area contributed by atoms with E-state index in [0.717, 1.165) is 10.7 Å². The molecule has 144 valence electrons. The quantitative estimate of drug-likeness (QED) is 0.715. The number of thiazole rings is 1. The van der Waals surface area contributed by atoms with E-state index in [4.69, 9.17) is 9.15 Å². The Hall–Kier alpha value is -3.13. The van der Waals surface area contributed by atoms with Crippen LogP contribution in [0.15, 0.2) is 46.2 Å². The van der Waals surface area contributed by atoms with Gasteiger partial charge in [-0.05, 0) is 38.1 Å². The van der Waals surface area contributed by atoms with Gasteiger partial charge in [-0.2, -0.15) is 0 Å². The molecule has 1 unspecified atom stereocenters. The molecule has 28 heavy (non-hydrogen) atoms. The van der Waals surface area contributed by atoms with Crippen molar-refractivity contribution in [2.24, 2.45) is 0 Å². The molecule has 0 fully saturated rings. The lowest BCUT2D eigenvalue weighted by Gasteiger charge is -2.32. The van der Waals surface area contributed by atoms with E-state index in [1.54, 1.807) is 36.5 Å². The maximum absolute atomic E-state index is 12.5. The molecule has 7 nitrogen and oxygen atoms in total. The summed E-state index contributed by atoms with van der Waals surface area (Å²) in [4.78, 5) is 30.7. The van der Waals surface area contributed by atoms with Crippen molar-refractivity contribution in [1.29, 1.82) is 0 Å². The van der Waals surface area contributed by atoms with E-state index < -0.39 is 6.10 Å². The van der Waals surface area contributed by atoms with Crippen LogP contribution in [0.2, 0.25) is 0 Å². The first-order valence-electron chi connectivity index (χ1n) is 8.86. The van der Waals surface area contributed by atoms with Gasteiger partial charge in [-0.15, -0.1) is 11.3 Å². The van der Waals surface area contributed by atoms with Crippen LogP contribution in [0.3, 0.4) is 0 Å². The van der Waals surface area contributed by atoms with E-state index >= 15 is 0 Å². The average molecular weight is 397 g/mol. The number of fused-ring (bicyclic) bond motifs is 1. The lowest BCUT2D eigenvalue weighted by atomic mass is 10.2. The Balaban J connectivity index is 1.40. The van der Waals surface area contributed by atoms with Gasteiger partial charge in [-0.25, -0.2) is 4.98 Å². The number of benzene rings is 1. The number of furan rings is 1. The third kappa shape index (κ3) is 3.63. The van der Waals surface area contributed by atoms with Crippen LogP contribution < -0.4 is 15.0 Å². The van der Waals surface area contributed by atoms with Crippen LogP contribution in [0.25, 0.3) is 11.5 Å². The zero-order valence-corrected chi connectivity index (χ0v) is 16.3. The van der Waals surface area contributed by atoms with E-state index in [2.05, 4.69) is 10.3 Å². The van der Waals surface area contributed by atoms with Crippen molar-refractivity contribution in [3.05, 3.63) is 52.5 Å². The molecule has 2 aromatic heterocycles. The number of ether oxygens (including phenoxy) is 1. The minimum atomic E-state index is -0.628. The summed E-state index contributed by atoms with van der Waals surface area (Å²) in [7, 11) is 0. The highest BCUT2D eigenvalue weighted by molar-refractivity contribution is 7.09. The van der Waals surface area contributed by atoms with Gasteiger partial charge in [0.05, 0.1) is 17.2 Å². The zero-order valence-electron chi connectivity index (χ0n) is 15.5. The molecule has 1 aliphatic rings. The minimum Gasteiger partial charge on any atom is -0.479 e. The first kappa shape index (κ1) is 18.2. The Morgan fingerprint density at radius 3 is 2.89 bits per heavy atom. The van der Waals surface area contributed by atoms with Gasteiger partial charge in [0.2, 0.25) is 5.91 Å². The van der Waals surface area contributed by atoms with Gasteiger partial charge in [0.25, 0.3) is 5.91 Å². The minimum absolute atomic E-state index is 0.0810. The molecule has 0 aliphatic carbocycles. The lowest BCUT2D eigenvalue weighted by molar-refractivity contribution is -0.128. The molecule has 0 bridgehead atoms. The van der Waals surface area contributed by atoms with Crippen molar-refractivity contribution in [3.8, 4) is 17.2 Å². The van der Waals surface area contributed by atoms with Gasteiger partial charge in [0.1, 0.15) is 23.7 Å². The van der Waals surface area contributed by atoms with E-state index in [-0.39, 0.29) is 24.9 Å². The standard InChI is InChI=1S/C20H19N3O4S/c1-12-20(25)23(16-5-3-4-6-18(16)26-12)10-19(24)21-9-14-7-8-17(27-14)15-11-28-13(2)22-15/h3-8,11-12H,9-10H2,1-2H3,(H,21,24). The van der Waals surface area contributed by atoms with E-state index in [1.807, 2.05) is 30.5 Å². The number of aryl methyl sites for hydroxylation is 1. The number of amides is 2. The second-order valence-electron chi connectivity index (χ2n) is 6.45. The number of nitrogens with zero attached hydrogens (tertiary/aromatic N) is 2. The SMILES string of the molecule is Cc1nc(-c2ccc(CNC(=O)CN3C(=O)C(C)Oc4ccccc43)o2)cs1. The summed E-state index contributed by atoms with van der Waals surface area (Å²) in [6, 6.07) is 10.8. The van der Waals surface area contributed by atoms with Crippen molar-refractivity contribution >= 4 is 28.8 Å². The molecule has 0 saturated carbocycles. The average Bonchev–Trinajstić information content (AvgIpc) is 3.32. The summed E-state index contributed by atoms with van der Waals surface area (Å²) in [5, 5.41) is 5.69. The first-order chi connectivity index (χ1) is 13.5. The van der Waals surface area contributed by atoms with E-state index in [9.17, 15) is 9.59 Å². The Labute approximate surface area is 165 Å². The zero-order chi connectivity index (χ0) is 19.7. The molecule has 2 amide bonds. The predicted octanol–water partition coefficient (Wildman–Crippen LogP) is 3.14. The number of nitrogens with one attached hydrogen (secondary N) is 1. The van der Waals surface area contributed by atoms with Crippen molar-refractivity contribution in [2.75, 3.05) is 11.4 Å². The van der Waals surface area contributed by atoms with Crippen molar-refractivity contribution < 1.29 is 18.7 Å². The highest BCUT2D eigenvalue weighted by Crippen LogP contribution is 2.33. The monoisotopic (exact) mass is 397 g/mol. The number of carbonyl (C=O) groups is 2. The number of hydrogen-bond donors (Lipinski definition) is 1. The van der Waals surface area contributed by atoms with Crippen molar-refractivity contribution in [1.82, 2.24) is 10.3 Å². The van der Waals surface area contributed by atoms with Crippen molar-refractivity contribution in [2.45, 2.75) is 26.5 Å². The van der Waals surface area contributed by atoms with E-state index in [1.165, 1.54) is 4.90 Å². The van der Waals surface area contributed by atoms with Crippen LogP contribution in [0, 0.1) is 6.92 Å². The van der Waals surface area contributed by atoms with Gasteiger partial charge in [-0.1, -0.05) is 12.1 Å². The lowest BCUT2D eigenvalue weighted by Crippen LogP contribution is -2.48. The highest BCUT2D eigenvalue weighted by atomic mass is 32.1. The molecule has 1 N–H and O–H groups in total. The van der Waals surface area contributed by atoms with Crippen LogP contribution in [0.5, 0.6) is 5.75 Å². The Kier molecular flexibility index (Phi) is 4.87. The third-order valence-corrected chi connectivity index (χ3v) is 5.14. The molecule has 1 aromatic carbocycles. The van der Waals surface area contributed by atoms with Crippen LogP contribution in [-0.2, 0) is 16.1 Å². The van der Waals surface area contributed by atoms with Gasteiger partial charge in [0, 0.05) is 5.38 Å². The summed E-state index contributed by atoms with van der Waals surface area (Å²) in [5.74, 6) is 1.36. The molecule has 0 saturated heterocycles. The molecule has 1 atom stereocenters. The van der Waals surface area contributed by atoms with Crippen LogP contribution >= 0.6 is 11.3 Å². The van der Waals surface area contributed by atoms with Crippen LogP contribution in [-0.4, -0.2) is 29.4 Å². The number of carbonyl (C=O) groups excluding carboxylic acids is 2. The summed E-state index contributed by atoms with van der Waals surface area (Å²) in [6.45, 7) is 3.76. The largest absolute Gasteiger partial charge is 0.479 e. The third-order valence-electron chi connectivity index (χ3n) is 4.37.